The maximum Gasteiger partial charge on any atom is 0.387 e. The van der Waals surface area contributed by atoms with Crippen LogP contribution in [-0.2, 0) is 4.79 Å². The van der Waals surface area contributed by atoms with Gasteiger partial charge in [0.15, 0.2) is 0 Å². The van der Waals surface area contributed by atoms with Gasteiger partial charge < -0.3 is 10.1 Å². The highest BCUT2D eigenvalue weighted by Gasteiger charge is 2.16. The molecule has 7 heteroatoms. The van der Waals surface area contributed by atoms with Crippen LogP contribution < -0.4 is 15.4 Å². The third-order valence-electron chi connectivity index (χ3n) is 4.31. The lowest BCUT2D eigenvalue weighted by atomic mass is 9.98. The van der Waals surface area contributed by atoms with Gasteiger partial charge >= 0.3 is 6.61 Å². The SMILES string of the molecule is N#Cc1cccc(NC(=O)CN[C@H](c2ccccc2)c2ccc(OC(F)F)cc2)c1. The second-order valence-electron chi connectivity index (χ2n) is 6.41. The molecule has 1 amide bonds. The predicted molar refractivity (Wildman–Crippen MR) is 109 cm³/mol. The molecule has 0 saturated carbocycles. The minimum atomic E-state index is -2.89. The van der Waals surface area contributed by atoms with E-state index in [1.165, 1.54) is 12.1 Å². The van der Waals surface area contributed by atoms with E-state index in [0.717, 1.165) is 11.1 Å². The maximum absolute atomic E-state index is 12.4. The fourth-order valence-corrected chi connectivity index (χ4v) is 2.98. The number of hydrogen-bond acceptors (Lipinski definition) is 4. The molecule has 0 aliphatic heterocycles. The van der Waals surface area contributed by atoms with E-state index < -0.39 is 6.61 Å². The van der Waals surface area contributed by atoms with Crippen molar-refractivity contribution in [1.82, 2.24) is 5.32 Å². The normalized spacial score (nSPS) is 11.5. The second kappa shape index (κ2) is 10.1. The number of benzene rings is 3. The number of halogens is 2. The zero-order chi connectivity index (χ0) is 21.3. The first-order chi connectivity index (χ1) is 14.5. The van der Waals surface area contributed by atoms with E-state index in [4.69, 9.17) is 5.26 Å². The summed E-state index contributed by atoms with van der Waals surface area (Å²) in [6, 6.07) is 24.1. The van der Waals surface area contributed by atoms with Crippen LogP contribution in [0, 0.1) is 11.3 Å². The van der Waals surface area contributed by atoms with Crippen molar-refractivity contribution >= 4 is 11.6 Å². The number of carbonyl (C=O) groups is 1. The molecule has 5 nitrogen and oxygen atoms in total. The Balaban J connectivity index is 1.72. The Hall–Kier alpha value is -3.76. The van der Waals surface area contributed by atoms with Crippen LogP contribution in [0.1, 0.15) is 22.7 Å². The lowest BCUT2D eigenvalue weighted by Crippen LogP contribution is -2.31. The zero-order valence-electron chi connectivity index (χ0n) is 15.9. The van der Waals surface area contributed by atoms with Crippen LogP contribution in [-0.4, -0.2) is 19.1 Å². The third-order valence-corrected chi connectivity index (χ3v) is 4.31. The summed E-state index contributed by atoms with van der Waals surface area (Å²) in [5.41, 5.74) is 2.70. The molecular weight excluding hydrogens is 388 g/mol. The molecule has 0 aromatic heterocycles. The van der Waals surface area contributed by atoms with Gasteiger partial charge in [0.25, 0.3) is 0 Å². The summed E-state index contributed by atoms with van der Waals surface area (Å²) in [5, 5.41) is 14.9. The number of hydrogen-bond donors (Lipinski definition) is 2. The fraction of sp³-hybridized carbons (Fsp3) is 0.130. The Labute approximate surface area is 172 Å². The molecule has 3 rings (SSSR count). The Morgan fingerprint density at radius 1 is 0.967 bits per heavy atom. The summed E-state index contributed by atoms with van der Waals surface area (Å²) in [4.78, 5) is 12.4. The van der Waals surface area contributed by atoms with Gasteiger partial charge in [-0.05, 0) is 41.5 Å². The van der Waals surface area contributed by atoms with Crippen molar-refractivity contribution in [2.24, 2.45) is 0 Å². The molecular formula is C23H19F2N3O2. The first-order valence-electron chi connectivity index (χ1n) is 9.18. The van der Waals surface area contributed by atoms with E-state index in [-0.39, 0.29) is 24.2 Å². The van der Waals surface area contributed by atoms with Crippen LogP contribution in [0.5, 0.6) is 5.75 Å². The molecule has 0 heterocycles. The van der Waals surface area contributed by atoms with Gasteiger partial charge in [0, 0.05) is 5.69 Å². The number of alkyl halides is 2. The molecule has 3 aromatic rings. The van der Waals surface area contributed by atoms with E-state index in [9.17, 15) is 13.6 Å². The van der Waals surface area contributed by atoms with Crippen molar-refractivity contribution in [3.8, 4) is 11.8 Å². The quantitative estimate of drug-likeness (QED) is 0.578. The van der Waals surface area contributed by atoms with E-state index in [2.05, 4.69) is 15.4 Å². The first-order valence-corrected chi connectivity index (χ1v) is 9.18. The largest absolute Gasteiger partial charge is 0.435 e. The molecule has 0 fully saturated rings. The van der Waals surface area contributed by atoms with Crippen molar-refractivity contribution in [2.75, 3.05) is 11.9 Å². The number of nitriles is 1. The molecule has 1 atom stereocenters. The Bertz CT molecular complexity index is 1020. The number of rotatable bonds is 8. The minimum absolute atomic E-state index is 0.00558. The van der Waals surface area contributed by atoms with Crippen LogP contribution in [0.25, 0.3) is 0 Å². The van der Waals surface area contributed by atoms with Gasteiger partial charge in [-0.2, -0.15) is 14.0 Å². The standard InChI is InChI=1S/C23H19F2N3O2/c24-23(25)30-20-11-9-18(10-12-20)22(17-6-2-1-3-7-17)27-15-21(29)28-19-8-4-5-16(13-19)14-26/h1-13,22-23,27H,15H2,(H,28,29)/t22-/m1/s1. The summed E-state index contributed by atoms with van der Waals surface area (Å²) < 4.78 is 29.2. The molecule has 0 unspecified atom stereocenters. The van der Waals surface area contributed by atoms with E-state index >= 15 is 0 Å². The van der Waals surface area contributed by atoms with Crippen molar-refractivity contribution in [2.45, 2.75) is 12.7 Å². The molecule has 0 aliphatic carbocycles. The highest BCUT2D eigenvalue weighted by atomic mass is 19.3. The highest BCUT2D eigenvalue weighted by molar-refractivity contribution is 5.92. The van der Waals surface area contributed by atoms with Gasteiger partial charge in [-0.15, -0.1) is 0 Å². The average Bonchev–Trinajstić information content (AvgIpc) is 2.75. The second-order valence-corrected chi connectivity index (χ2v) is 6.41. The Morgan fingerprint density at radius 2 is 1.67 bits per heavy atom. The molecule has 2 N–H and O–H groups in total. The number of amides is 1. The van der Waals surface area contributed by atoms with Crippen LogP contribution in [0.15, 0.2) is 78.9 Å². The summed E-state index contributed by atoms with van der Waals surface area (Å²) in [6.07, 6.45) is 0. The first kappa shape index (κ1) is 21.0. The molecule has 0 saturated heterocycles. The van der Waals surface area contributed by atoms with Crippen LogP contribution >= 0.6 is 0 Å². The lowest BCUT2D eigenvalue weighted by molar-refractivity contribution is -0.115. The van der Waals surface area contributed by atoms with Gasteiger partial charge in [0.2, 0.25) is 5.91 Å². The van der Waals surface area contributed by atoms with Gasteiger partial charge in [-0.3, -0.25) is 10.1 Å². The minimum Gasteiger partial charge on any atom is -0.435 e. The molecule has 3 aromatic carbocycles. The number of anilines is 1. The number of nitrogens with zero attached hydrogens (tertiary/aromatic N) is 1. The van der Waals surface area contributed by atoms with Crippen LogP contribution in [0.2, 0.25) is 0 Å². The molecule has 0 aliphatic rings. The topological polar surface area (TPSA) is 74.2 Å². The Morgan fingerprint density at radius 3 is 2.33 bits per heavy atom. The summed E-state index contributed by atoms with van der Waals surface area (Å²) in [5.74, 6) is -0.209. The number of ether oxygens (including phenoxy) is 1. The van der Waals surface area contributed by atoms with Crippen LogP contribution in [0.3, 0.4) is 0 Å². The summed E-state index contributed by atoms with van der Waals surface area (Å²) in [7, 11) is 0. The van der Waals surface area contributed by atoms with Gasteiger partial charge in [0.1, 0.15) is 5.75 Å². The van der Waals surface area contributed by atoms with Crippen molar-refractivity contribution in [3.05, 3.63) is 95.6 Å². The van der Waals surface area contributed by atoms with E-state index in [1.807, 2.05) is 36.4 Å². The molecule has 30 heavy (non-hydrogen) atoms. The van der Waals surface area contributed by atoms with Crippen molar-refractivity contribution < 1.29 is 18.3 Å². The van der Waals surface area contributed by atoms with Gasteiger partial charge in [-0.25, -0.2) is 0 Å². The van der Waals surface area contributed by atoms with E-state index in [1.54, 1.807) is 36.4 Å². The molecule has 0 bridgehead atoms. The zero-order valence-corrected chi connectivity index (χ0v) is 15.9. The molecule has 152 valence electrons. The predicted octanol–water partition coefficient (Wildman–Crippen LogP) is 4.48. The number of nitrogens with one attached hydrogen (secondary N) is 2. The average molecular weight is 407 g/mol. The van der Waals surface area contributed by atoms with Gasteiger partial charge in [0.05, 0.1) is 24.2 Å². The Kier molecular flexibility index (Phi) is 7.09. The molecule has 0 radical (unpaired) electrons. The fourth-order valence-electron chi connectivity index (χ4n) is 2.98. The summed E-state index contributed by atoms with van der Waals surface area (Å²) in [6.45, 7) is -2.88. The smallest absolute Gasteiger partial charge is 0.387 e. The monoisotopic (exact) mass is 407 g/mol. The van der Waals surface area contributed by atoms with Crippen molar-refractivity contribution in [1.29, 1.82) is 5.26 Å². The van der Waals surface area contributed by atoms with E-state index in [0.29, 0.717) is 11.3 Å². The van der Waals surface area contributed by atoms with Crippen molar-refractivity contribution in [3.63, 3.8) is 0 Å². The lowest BCUT2D eigenvalue weighted by Gasteiger charge is -2.20. The number of carbonyl (C=O) groups excluding carboxylic acids is 1. The van der Waals surface area contributed by atoms with Crippen LogP contribution in [0.4, 0.5) is 14.5 Å². The van der Waals surface area contributed by atoms with Gasteiger partial charge in [-0.1, -0.05) is 48.5 Å². The maximum atomic E-state index is 12.4. The highest BCUT2D eigenvalue weighted by Crippen LogP contribution is 2.24. The summed E-state index contributed by atoms with van der Waals surface area (Å²) >= 11 is 0. The molecule has 0 spiro atoms. The third kappa shape index (κ3) is 5.87.